The van der Waals surface area contributed by atoms with Gasteiger partial charge < -0.3 is 10.4 Å². The van der Waals surface area contributed by atoms with Crippen molar-refractivity contribution in [3.63, 3.8) is 0 Å². The number of aliphatic hydroxyl groups is 1. The summed E-state index contributed by atoms with van der Waals surface area (Å²) in [6, 6.07) is 3.67. The van der Waals surface area contributed by atoms with E-state index in [-0.39, 0.29) is 17.9 Å². The molecule has 2 N–H and O–H groups in total. The lowest BCUT2D eigenvalue weighted by molar-refractivity contribution is 0.0911. The lowest BCUT2D eigenvalue weighted by Gasteiger charge is -2.31. The molecule has 4 nitrogen and oxygen atoms in total. The molecule has 0 saturated carbocycles. The van der Waals surface area contributed by atoms with E-state index in [4.69, 9.17) is 10.4 Å². The molecule has 19 heavy (non-hydrogen) atoms. The zero-order chi connectivity index (χ0) is 14.3. The molecular weight excluding hydrogens is 260 g/mol. The molecule has 0 spiro atoms. The summed E-state index contributed by atoms with van der Waals surface area (Å²) in [5.41, 5.74) is 0.359. The predicted octanol–water partition coefficient (Wildman–Crippen LogP) is 2.54. The second kappa shape index (κ2) is 7.27. The molecule has 0 atom stereocenters. The third-order valence-electron chi connectivity index (χ3n) is 3.76. The summed E-state index contributed by atoms with van der Waals surface area (Å²) in [7, 11) is 0. The summed E-state index contributed by atoms with van der Waals surface area (Å²) in [4.78, 5) is 12.5. The number of amides is 1. The van der Waals surface area contributed by atoms with E-state index in [9.17, 15) is 4.79 Å². The minimum Gasteiger partial charge on any atom is -0.396 e. The summed E-state index contributed by atoms with van der Waals surface area (Å²) in [6.07, 6.45) is 2.48. The van der Waals surface area contributed by atoms with E-state index < -0.39 is 0 Å². The number of aliphatic hydroxyl groups excluding tert-OH is 1. The summed E-state index contributed by atoms with van der Waals surface area (Å²) in [6.45, 7) is 4.79. The SMILES string of the molecule is CCC(CC)(CCO)CNC(=O)c1sccc1C#N. The van der Waals surface area contributed by atoms with Gasteiger partial charge in [0.1, 0.15) is 10.9 Å². The van der Waals surface area contributed by atoms with Crippen LogP contribution < -0.4 is 5.32 Å². The molecule has 0 saturated heterocycles. The number of carbonyl (C=O) groups excluding carboxylic acids is 1. The highest BCUT2D eigenvalue weighted by Gasteiger charge is 2.26. The van der Waals surface area contributed by atoms with Gasteiger partial charge in [-0.25, -0.2) is 0 Å². The van der Waals surface area contributed by atoms with Crippen LogP contribution in [0.15, 0.2) is 11.4 Å². The van der Waals surface area contributed by atoms with Gasteiger partial charge in [-0.05, 0) is 36.1 Å². The number of thiophene rings is 1. The summed E-state index contributed by atoms with van der Waals surface area (Å²) >= 11 is 1.28. The van der Waals surface area contributed by atoms with Gasteiger partial charge in [-0.2, -0.15) is 5.26 Å². The van der Waals surface area contributed by atoms with Crippen LogP contribution in [0.25, 0.3) is 0 Å². The Bertz CT molecular complexity index is 458. The van der Waals surface area contributed by atoms with Crippen molar-refractivity contribution in [1.82, 2.24) is 5.32 Å². The Balaban J connectivity index is 2.70. The normalized spacial score (nSPS) is 11.1. The molecule has 0 aliphatic carbocycles. The Morgan fingerprint density at radius 2 is 2.21 bits per heavy atom. The molecule has 0 bridgehead atoms. The molecule has 0 aliphatic heterocycles. The molecule has 1 heterocycles. The van der Waals surface area contributed by atoms with E-state index in [2.05, 4.69) is 19.2 Å². The van der Waals surface area contributed by atoms with E-state index in [0.29, 0.717) is 23.4 Å². The van der Waals surface area contributed by atoms with Gasteiger partial charge in [0.05, 0.1) is 5.56 Å². The number of nitrogens with one attached hydrogen (secondary N) is 1. The summed E-state index contributed by atoms with van der Waals surface area (Å²) in [5.74, 6) is -0.198. The first-order valence-electron chi connectivity index (χ1n) is 6.49. The Labute approximate surface area is 118 Å². The minimum absolute atomic E-state index is 0.0610. The molecule has 5 heteroatoms. The van der Waals surface area contributed by atoms with E-state index in [0.717, 1.165) is 12.8 Å². The average Bonchev–Trinajstić information content (AvgIpc) is 2.91. The van der Waals surface area contributed by atoms with Crippen molar-refractivity contribution in [2.24, 2.45) is 5.41 Å². The van der Waals surface area contributed by atoms with Gasteiger partial charge in [-0.3, -0.25) is 4.79 Å². The van der Waals surface area contributed by atoms with Crippen molar-refractivity contribution in [2.45, 2.75) is 33.1 Å². The summed E-state index contributed by atoms with van der Waals surface area (Å²) in [5, 5.41) is 22.7. The number of hydrogen-bond acceptors (Lipinski definition) is 4. The smallest absolute Gasteiger partial charge is 0.262 e. The molecule has 1 aromatic rings. The van der Waals surface area contributed by atoms with Crippen LogP contribution in [0.3, 0.4) is 0 Å². The van der Waals surface area contributed by atoms with Crippen LogP contribution in [0.5, 0.6) is 0 Å². The molecule has 104 valence electrons. The van der Waals surface area contributed by atoms with Gasteiger partial charge in [0, 0.05) is 13.2 Å². The minimum atomic E-state index is -0.198. The maximum absolute atomic E-state index is 12.1. The quantitative estimate of drug-likeness (QED) is 0.806. The fraction of sp³-hybridized carbons (Fsp3) is 0.571. The topological polar surface area (TPSA) is 73.1 Å². The van der Waals surface area contributed by atoms with Crippen molar-refractivity contribution < 1.29 is 9.90 Å². The third-order valence-corrected chi connectivity index (χ3v) is 4.67. The van der Waals surface area contributed by atoms with Gasteiger partial charge in [0.15, 0.2) is 0 Å². The maximum atomic E-state index is 12.1. The molecule has 0 aromatic carbocycles. The third kappa shape index (κ3) is 3.79. The first-order chi connectivity index (χ1) is 9.12. The zero-order valence-corrected chi connectivity index (χ0v) is 12.2. The molecular formula is C14H20N2O2S. The average molecular weight is 280 g/mol. The van der Waals surface area contributed by atoms with Gasteiger partial charge in [-0.15, -0.1) is 11.3 Å². The zero-order valence-electron chi connectivity index (χ0n) is 11.4. The molecule has 0 aliphatic rings. The van der Waals surface area contributed by atoms with Gasteiger partial charge >= 0.3 is 0 Å². The summed E-state index contributed by atoms with van der Waals surface area (Å²) < 4.78 is 0. The number of rotatable bonds is 7. The van der Waals surface area contributed by atoms with Crippen LogP contribution in [0, 0.1) is 16.7 Å². The fourth-order valence-electron chi connectivity index (χ4n) is 2.10. The monoisotopic (exact) mass is 280 g/mol. The van der Waals surface area contributed by atoms with Gasteiger partial charge in [0.2, 0.25) is 0 Å². The highest BCUT2D eigenvalue weighted by Crippen LogP contribution is 2.29. The Hall–Kier alpha value is -1.38. The Morgan fingerprint density at radius 1 is 1.53 bits per heavy atom. The number of hydrogen-bond donors (Lipinski definition) is 2. The molecule has 0 radical (unpaired) electrons. The van der Waals surface area contributed by atoms with Crippen molar-refractivity contribution in [3.8, 4) is 6.07 Å². The number of nitriles is 1. The maximum Gasteiger partial charge on any atom is 0.262 e. The van der Waals surface area contributed by atoms with E-state index in [1.165, 1.54) is 11.3 Å². The second-order valence-electron chi connectivity index (χ2n) is 4.64. The second-order valence-corrected chi connectivity index (χ2v) is 5.55. The number of nitrogens with zero attached hydrogens (tertiary/aromatic N) is 1. The van der Waals surface area contributed by atoms with Crippen LogP contribution >= 0.6 is 11.3 Å². The lowest BCUT2D eigenvalue weighted by atomic mass is 9.79. The first kappa shape index (κ1) is 15.7. The standard InChI is InChI=1S/C14H20N2O2S/c1-3-14(4-2,6-7-17)10-16-13(18)12-11(9-15)5-8-19-12/h5,8,17H,3-4,6-7,10H2,1-2H3,(H,16,18). The molecule has 1 rings (SSSR count). The first-order valence-corrected chi connectivity index (χ1v) is 7.37. The van der Waals surface area contributed by atoms with Crippen molar-refractivity contribution in [1.29, 1.82) is 5.26 Å². The van der Waals surface area contributed by atoms with E-state index in [1.54, 1.807) is 11.4 Å². The number of carbonyl (C=O) groups is 1. The van der Waals surface area contributed by atoms with Gasteiger partial charge in [-0.1, -0.05) is 13.8 Å². The predicted molar refractivity (Wildman–Crippen MR) is 76.1 cm³/mol. The van der Waals surface area contributed by atoms with Crippen molar-refractivity contribution in [2.75, 3.05) is 13.2 Å². The van der Waals surface area contributed by atoms with Crippen LogP contribution in [0.2, 0.25) is 0 Å². The van der Waals surface area contributed by atoms with Crippen molar-refractivity contribution >= 4 is 17.2 Å². The molecule has 0 fully saturated rings. The highest BCUT2D eigenvalue weighted by atomic mass is 32.1. The highest BCUT2D eigenvalue weighted by molar-refractivity contribution is 7.12. The van der Waals surface area contributed by atoms with E-state index in [1.807, 2.05) is 6.07 Å². The largest absolute Gasteiger partial charge is 0.396 e. The fourth-order valence-corrected chi connectivity index (χ4v) is 2.86. The van der Waals surface area contributed by atoms with Crippen LogP contribution in [-0.2, 0) is 0 Å². The van der Waals surface area contributed by atoms with Crippen LogP contribution in [-0.4, -0.2) is 24.2 Å². The van der Waals surface area contributed by atoms with Crippen LogP contribution in [0.4, 0.5) is 0 Å². The molecule has 0 unspecified atom stereocenters. The Morgan fingerprint density at radius 3 is 2.74 bits per heavy atom. The van der Waals surface area contributed by atoms with Crippen molar-refractivity contribution in [3.05, 3.63) is 21.9 Å². The molecule has 1 aromatic heterocycles. The molecule has 1 amide bonds. The van der Waals surface area contributed by atoms with Crippen LogP contribution in [0.1, 0.15) is 48.3 Å². The van der Waals surface area contributed by atoms with Gasteiger partial charge in [0.25, 0.3) is 5.91 Å². The Kier molecular flexibility index (Phi) is 6.00. The van der Waals surface area contributed by atoms with E-state index >= 15 is 0 Å². The lowest BCUT2D eigenvalue weighted by Crippen LogP contribution is -2.37.